The SMILES string of the molecule is CC(=O)OC1[C@H]2C[C@@](C#N)(OC(C)=O)[C@@H]1O[C@@H]2OC(C)=O. The number of ether oxygens (including phenoxy) is 4. The predicted molar refractivity (Wildman–Crippen MR) is 64.2 cm³/mol. The lowest BCUT2D eigenvalue weighted by atomic mass is 9.97. The van der Waals surface area contributed by atoms with E-state index in [2.05, 4.69) is 0 Å². The minimum Gasteiger partial charge on any atom is -0.459 e. The van der Waals surface area contributed by atoms with Crippen molar-refractivity contribution in [2.45, 2.75) is 51.3 Å². The Labute approximate surface area is 120 Å². The molecule has 21 heavy (non-hydrogen) atoms. The standard InChI is InChI=1S/C13H15NO7/c1-6(15)18-10-9-4-13(5-14,21-8(3)17)11(10)20-12(9)19-7(2)16/h9-12H,4H2,1-3H3/t9-,10?,11-,12+,13+/m1/s1. The van der Waals surface area contributed by atoms with Crippen molar-refractivity contribution in [3.8, 4) is 6.07 Å². The molecule has 1 saturated heterocycles. The number of esters is 3. The Morgan fingerprint density at radius 3 is 2.24 bits per heavy atom. The van der Waals surface area contributed by atoms with Crippen molar-refractivity contribution in [3.05, 3.63) is 0 Å². The average molecular weight is 297 g/mol. The summed E-state index contributed by atoms with van der Waals surface area (Å²) in [4.78, 5) is 33.5. The van der Waals surface area contributed by atoms with Gasteiger partial charge < -0.3 is 18.9 Å². The van der Waals surface area contributed by atoms with Crippen LogP contribution in [0, 0.1) is 17.2 Å². The number of carbonyl (C=O) groups is 3. The molecule has 8 heteroatoms. The largest absolute Gasteiger partial charge is 0.459 e. The average Bonchev–Trinajstić information content (AvgIpc) is 2.79. The lowest BCUT2D eigenvalue weighted by Gasteiger charge is -2.32. The minimum absolute atomic E-state index is 0.0731. The zero-order valence-electron chi connectivity index (χ0n) is 11.8. The second kappa shape index (κ2) is 5.33. The van der Waals surface area contributed by atoms with Gasteiger partial charge in [-0.15, -0.1) is 0 Å². The summed E-state index contributed by atoms with van der Waals surface area (Å²) in [6.45, 7) is 3.62. The molecule has 2 aliphatic rings. The van der Waals surface area contributed by atoms with Gasteiger partial charge in [-0.1, -0.05) is 0 Å². The lowest BCUT2D eigenvalue weighted by Crippen LogP contribution is -2.48. The van der Waals surface area contributed by atoms with Crippen molar-refractivity contribution in [1.82, 2.24) is 0 Å². The Morgan fingerprint density at radius 1 is 1.14 bits per heavy atom. The number of hydrogen-bond donors (Lipinski definition) is 0. The summed E-state index contributed by atoms with van der Waals surface area (Å²) in [5.74, 6) is -2.30. The van der Waals surface area contributed by atoms with Gasteiger partial charge in [-0.05, 0) is 0 Å². The van der Waals surface area contributed by atoms with Crippen LogP contribution in [0.5, 0.6) is 0 Å². The van der Waals surface area contributed by atoms with Crippen LogP contribution in [0.25, 0.3) is 0 Å². The molecule has 0 N–H and O–H groups in total. The number of carbonyl (C=O) groups excluding carboxylic acids is 3. The number of hydrogen-bond acceptors (Lipinski definition) is 8. The maximum absolute atomic E-state index is 11.2. The smallest absolute Gasteiger partial charge is 0.304 e. The zero-order chi connectivity index (χ0) is 15.8. The van der Waals surface area contributed by atoms with Crippen molar-refractivity contribution in [3.63, 3.8) is 0 Å². The molecule has 0 spiro atoms. The molecule has 0 radical (unpaired) electrons. The molecule has 114 valence electrons. The Morgan fingerprint density at radius 2 is 1.76 bits per heavy atom. The van der Waals surface area contributed by atoms with Gasteiger partial charge >= 0.3 is 17.9 Å². The van der Waals surface area contributed by atoms with E-state index in [1.54, 1.807) is 0 Å². The van der Waals surface area contributed by atoms with Gasteiger partial charge in [0.2, 0.25) is 11.9 Å². The molecule has 8 nitrogen and oxygen atoms in total. The third kappa shape index (κ3) is 2.69. The third-order valence-corrected chi connectivity index (χ3v) is 3.45. The van der Waals surface area contributed by atoms with Crippen molar-refractivity contribution in [1.29, 1.82) is 5.26 Å². The molecular weight excluding hydrogens is 282 g/mol. The Kier molecular flexibility index (Phi) is 3.87. The van der Waals surface area contributed by atoms with E-state index in [1.807, 2.05) is 6.07 Å². The zero-order valence-corrected chi connectivity index (χ0v) is 11.8. The van der Waals surface area contributed by atoms with E-state index in [9.17, 15) is 19.6 Å². The number of nitriles is 1. The van der Waals surface area contributed by atoms with E-state index in [4.69, 9.17) is 18.9 Å². The van der Waals surface area contributed by atoms with E-state index in [1.165, 1.54) is 20.8 Å². The van der Waals surface area contributed by atoms with Gasteiger partial charge in [0, 0.05) is 27.2 Å². The van der Waals surface area contributed by atoms with Crippen LogP contribution in [0.2, 0.25) is 0 Å². The third-order valence-electron chi connectivity index (χ3n) is 3.45. The first-order valence-corrected chi connectivity index (χ1v) is 6.40. The fourth-order valence-corrected chi connectivity index (χ4v) is 2.86. The first-order chi connectivity index (χ1) is 9.79. The topological polar surface area (TPSA) is 112 Å². The van der Waals surface area contributed by atoms with Crippen LogP contribution < -0.4 is 0 Å². The van der Waals surface area contributed by atoms with E-state index in [0.29, 0.717) is 0 Å². The molecule has 0 aromatic rings. The first-order valence-electron chi connectivity index (χ1n) is 6.40. The molecular formula is C13H15NO7. The molecule has 2 rings (SSSR count). The van der Waals surface area contributed by atoms with Crippen LogP contribution in [-0.4, -0.2) is 42.0 Å². The molecule has 0 amide bonds. The van der Waals surface area contributed by atoms with Crippen LogP contribution in [-0.2, 0) is 33.3 Å². The second-order valence-corrected chi connectivity index (χ2v) is 5.07. The van der Waals surface area contributed by atoms with E-state index in [0.717, 1.165) is 0 Å². The van der Waals surface area contributed by atoms with Gasteiger partial charge in [-0.2, -0.15) is 5.26 Å². The number of fused-ring (bicyclic) bond motifs is 2. The van der Waals surface area contributed by atoms with E-state index < -0.39 is 47.9 Å². The van der Waals surface area contributed by atoms with Gasteiger partial charge in [0.25, 0.3) is 0 Å². The van der Waals surface area contributed by atoms with Gasteiger partial charge in [-0.25, -0.2) is 0 Å². The summed E-state index contributed by atoms with van der Waals surface area (Å²) in [5.41, 5.74) is -1.53. The van der Waals surface area contributed by atoms with Crippen LogP contribution in [0.15, 0.2) is 0 Å². The predicted octanol–water partition coefficient (Wildman–Crippen LogP) is 0.0515. The van der Waals surface area contributed by atoms with E-state index >= 15 is 0 Å². The van der Waals surface area contributed by atoms with Crippen LogP contribution in [0.4, 0.5) is 0 Å². The number of nitrogens with zero attached hydrogens (tertiary/aromatic N) is 1. The number of rotatable bonds is 3. The van der Waals surface area contributed by atoms with Crippen LogP contribution in [0.1, 0.15) is 27.2 Å². The van der Waals surface area contributed by atoms with Crippen LogP contribution >= 0.6 is 0 Å². The molecule has 1 aliphatic heterocycles. The maximum atomic E-state index is 11.2. The molecule has 1 aliphatic carbocycles. The molecule has 0 aromatic carbocycles. The fourth-order valence-electron chi connectivity index (χ4n) is 2.86. The lowest BCUT2D eigenvalue weighted by molar-refractivity contribution is -0.218. The molecule has 2 fully saturated rings. The second-order valence-electron chi connectivity index (χ2n) is 5.07. The minimum atomic E-state index is -1.53. The monoisotopic (exact) mass is 297 g/mol. The highest BCUT2D eigenvalue weighted by molar-refractivity contribution is 5.68. The highest BCUT2D eigenvalue weighted by Crippen LogP contribution is 2.50. The van der Waals surface area contributed by atoms with Crippen LogP contribution in [0.3, 0.4) is 0 Å². The molecule has 1 unspecified atom stereocenters. The Balaban J connectivity index is 2.26. The summed E-state index contributed by atoms with van der Waals surface area (Å²) in [5, 5.41) is 9.35. The highest BCUT2D eigenvalue weighted by atomic mass is 16.7. The molecule has 1 heterocycles. The summed E-state index contributed by atoms with van der Waals surface area (Å²) in [7, 11) is 0. The van der Waals surface area contributed by atoms with Crippen molar-refractivity contribution >= 4 is 17.9 Å². The van der Waals surface area contributed by atoms with Gasteiger partial charge in [-0.3, -0.25) is 14.4 Å². The fraction of sp³-hybridized carbons (Fsp3) is 0.692. The summed E-state index contributed by atoms with van der Waals surface area (Å²) in [6.07, 6.45) is -2.63. The van der Waals surface area contributed by atoms with Crippen molar-refractivity contribution in [2.75, 3.05) is 0 Å². The Bertz CT molecular complexity index is 525. The highest BCUT2D eigenvalue weighted by Gasteiger charge is 2.68. The molecule has 1 saturated carbocycles. The van der Waals surface area contributed by atoms with Gasteiger partial charge in [0.05, 0.1) is 5.92 Å². The molecule has 5 atom stereocenters. The maximum Gasteiger partial charge on any atom is 0.304 e. The first kappa shape index (κ1) is 15.3. The van der Waals surface area contributed by atoms with E-state index in [-0.39, 0.29) is 6.42 Å². The van der Waals surface area contributed by atoms with Gasteiger partial charge in [0.1, 0.15) is 12.2 Å². The quantitative estimate of drug-likeness (QED) is 0.530. The molecule has 2 bridgehead atoms. The van der Waals surface area contributed by atoms with Gasteiger partial charge in [0.15, 0.2) is 6.10 Å². The molecule has 0 aromatic heterocycles. The normalized spacial score (nSPS) is 36.7. The summed E-state index contributed by atoms with van der Waals surface area (Å²) >= 11 is 0. The summed E-state index contributed by atoms with van der Waals surface area (Å²) in [6, 6.07) is 1.92. The van der Waals surface area contributed by atoms with Crippen molar-refractivity contribution < 1.29 is 33.3 Å². The summed E-state index contributed by atoms with van der Waals surface area (Å²) < 4.78 is 20.7. The van der Waals surface area contributed by atoms with Crippen molar-refractivity contribution in [2.24, 2.45) is 5.92 Å². The Hall–Kier alpha value is -2.14.